The van der Waals surface area contributed by atoms with Crippen LogP contribution >= 0.6 is 0 Å². The van der Waals surface area contributed by atoms with Gasteiger partial charge in [0.15, 0.2) is 6.29 Å². The quantitative estimate of drug-likeness (QED) is 0.194. The van der Waals surface area contributed by atoms with Gasteiger partial charge in [0.25, 0.3) is 0 Å². The van der Waals surface area contributed by atoms with E-state index in [1.807, 2.05) is 0 Å². The zero-order valence-electron chi connectivity index (χ0n) is 8.57. The van der Waals surface area contributed by atoms with Crippen molar-refractivity contribution < 1.29 is 24.4 Å². The lowest BCUT2D eigenvalue weighted by Gasteiger charge is -2.08. The Labute approximate surface area is 87.8 Å². The van der Waals surface area contributed by atoms with E-state index in [1.165, 1.54) is 12.0 Å². The van der Waals surface area contributed by atoms with Gasteiger partial charge < -0.3 is 35.5 Å². The first-order valence-electron chi connectivity index (χ1n) is 4.18. The number of nitrogens with zero attached hydrogens (tertiary/aromatic N) is 3. The molecule has 0 radical (unpaired) electrons. The second-order valence-corrected chi connectivity index (χ2v) is 2.19. The molecule has 0 aliphatic carbocycles. The van der Waals surface area contributed by atoms with Crippen molar-refractivity contribution in [2.75, 3.05) is 40.1 Å². The van der Waals surface area contributed by atoms with Crippen LogP contribution in [0.2, 0.25) is 0 Å². The molecule has 0 saturated carbocycles. The zero-order valence-corrected chi connectivity index (χ0v) is 8.57. The summed E-state index contributed by atoms with van der Waals surface area (Å²) in [5.41, 5.74) is 13.5. The molecule has 2 N–H and O–H groups in total. The van der Waals surface area contributed by atoms with Gasteiger partial charge >= 0.3 is 0 Å². The molecule has 0 fully saturated rings. The second-order valence-electron chi connectivity index (χ2n) is 2.19. The van der Waals surface area contributed by atoms with E-state index in [0.717, 1.165) is 0 Å². The number of rotatable bonds is 8. The average Bonchev–Trinajstić information content (AvgIpc) is 2.24. The summed E-state index contributed by atoms with van der Waals surface area (Å²) in [4.78, 5) is 1.50. The second kappa shape index (κ2) is 15.6. The lowest BCUT2D eigenvalue weighted by Crippen LogP contribution is -2.19. The van der Waals surface area contributed by atoms with E-state index in [9.17, 15) is 0 Å². The van der Waals surface area contributed by atoms with Crippen LogP contribution in [0, 0.1) is 0 Å². The van der Waals surface area contributed by atoms with E-state index < -0.39 is 6.29 Å². The topological polar surface area (TPSA) is 127 Å². The van der Waals surface area contributed by atoms with Gasteiger partial charge in [0.1, 0.15) is 0 Å². The first-order chi connectivity index (χ1) is 7.22. The van der Waals surface area contributed by atoms with Crippen LogP contribution in [0.25, 0.3) is 16.0 Å². The Kier molecular flexibility index (Phi) is 17.2. The van der Waals surface area contributed by atoms with Crippen LogP contribution in [0.4, 0.5) is 0 Å². The van der Waals surface area contributed by atoms with Crippen LogP contribution < -0.4 is 0 Å². The summed E-state index contributed by atoms with van der Waals surface area (Å²) in [6, 6.07) is 0. The number of methoxy groups -OCH3 is 1. The van der Waals surface area contributed by atoms with Crippen LogP contribution in [0.3, 0.4) is 0 Å². The van der Waals surface area contributed by atoms with Gasteiger partial charge in [-0.1, -0.05) is 0 Å². The standard InChI is InChI=1S/C7H16O5.N3/c1-10-7(9)6-12-5-4-11-3-2-8;1-3-2/h7-9H,2-6H2,1H3;/q;-1. The van der Waals surface area contributed by atoms with Gasteiger partial charge in [-0.3, -0.25) is 4.91 Å². The molecule has 0 rings (SSSR count). The van der Waals surface area contributed by atoms with E-state index >= 15 is 0 Å². The molecule has 1 atom stereocenters. The third kappa shape index (κ3) is 19.5. The Hall–Kier alpha value is -0.890. The lowest BCUT2D eigenvalue weighted by atomic mass is 10.6. The third-order valence-electron chi connectivity index (χ3n) is 1.14. The van der Waals surface area contributed by atoms with Crippen molar-refractivity contribution in [2.24, 2.45) is 0 Å². The van der Waals surface area contributed by atoms with E-state index in [2.05, 4.69) is 4.74 Å². The molecule has 90 valence electrons. The van der Waals surface area contributed by atoms with Gasteiger partial charge in [0, 0.05) is 7.11 Å². The Morgan fingerprint density at radius 2 is 1.73 bits per heavy atom. The summed E-state index contributed by atoms with van der Waals surface area (Å²) in [5, 5.41) is 17.2. The van der Waals surface area contributed by atoms with Crippen molar-refractivity contribution >= 4 is 0 Å². The maximum atomic E-state index is 8.83. The van der Waals surface area contributed by atoms with Crippen LogP contribution in [-0.2, 0) is 14.2 Å². The minimum atomic E-state index is -0.872. The minimum Gasteiger partial charge on any atom is -0.394 e. The van der Waals surface area contributed by atoms with E-state index in [-0.39, 0.29) is 13.2 Å². The maximum Gasteiger partial charge on any atom is 0.177 e. The first kappa shape index (κ1) is 16.5. The van der Waals surface area contributed by atoms with Crippen molar-refractivity contribution in [1.82, 2.24) is 0 Å². The highest BCUT2D eigenvalue weighted by Crippen LogP contribution is 1.85. The summed E-state index contributed by atoms with van der Waals surface area (Å²) in [6.07, 6.45) is -0.872. The molecule has 0 bridgehead atoms. The van der Waals surface area contributed by atoms with Crippen LogP contribution in [0.5, 0.6) is 0 Å². The summed E-state index contributed by atoms with van der Waals surface area (Å²) in [7, 11) is 1.40. The highest BCUT2D eigenvalue weighted by molar-refractivity contribution is 4.36. The fourth-order valence-electron chi connectivity index (χ4n) is 0.537. The summed E-state index contributed by atoms with van der Waals surface area (Å²) < 4.78 is 14.4. The molecular formula is C7H16N3O5-. The van der Waals surface area contributed by atoms with Crippen LogP contribution in [-0.4, -0.2) is 56.6 Å². The molecule has 0 aromatic carbocycles. The largest absolute Gasteiger partial charge is 0.394 e. The molecular weight excluding hydrogens is 206 g/mol. The average molecular weight is 222 g/mol. The maximum absolute atomic E-state index is 8.83. The number of hydrogen-bond acceptors (Lipinski definition) is 5. The van der Waals surface area contributed by atoms with E-state index in [0.29, 0.717) is 19.8 Å². The van der Waals surface area contributed by atoms with Crippen LogP contribution in [0.1, 0.15) is 0 Å². The normalized spacial score (nSPS) is 11.1. The molecule has 0 aromatic heterocycles. The summed E-state index contributed by atoms with van der Waals surface area (Å²) >= 11 is 0. The predicted octanol–water partition coefficient (Wildman–Crippen LogP) is -0.157. The van der Waals surface area contributed by atoms with Crippen molar-refractivity contribution in [2.45, 2.75) is 6.29 Å². The third-order valence-corrected chi connectivity index (χ3v) is 1.14. The van der Waals surface area contributed by atoms with Crippen molar-refractivity contribution in [3.8, 4) is 0 Å². The molecule has 0 aromatic rings. The monoisotopic (exact) mass is 222 g/mol. The Morgan fingerprint density at radius 3 is 2.20 bits per heavy atom. The number of aliphatic hydroxyl groups is 2. The van der Waals surface area contributed by atoms with Crippen LogP contribution in [0.15, 0.2) is 0 Å². The lowest BCUT2D eigenvalue weighted by molar-refractivity contribution is -0.123. The fourth-order valence-corrected chi connectivity index (χ4v) is 0.537. The van der Waals surface area contributed by atoms with E-state index in [4.69, 9.17) is 30.7 Å². The number of hydrogen-bond donors (Lipinski definition) is 2. The molecule has 1 unspecified atom stereocenters. The molecule has 0 saturated heterocycles. The predicted molar refractivity (Wildman–Crippen MR) is 51.8 cm³/mol. The van der Waals surface area contributed by atoms with Gasteiger partial charge in [-0.2, -0.15) is 0 Å². The molecule has 0 heterocycles. The zero-order chi connectivity index (χ0) is 11.9. The molecule has 0 aliphatic heterocycles. The van der Waals surface area contributed by atoms with Crippen molar-refractivity contribution in [3.05, 3.63) is 16.0 Å². The van der Waals surface area contributed by atoms with Gasteiger partial charge in [0.2, 0.25) is 0 Å². The van der Waals surface area contributed by atoms with Gasteiger partial charge in [0.05, 0.1) is 33.0 Å². The minimum absolute atomic E-state index is 0.0146. The molecule has 0 aliphatic rings. The highest BCUT2D eigenvalue weighted by Gasteiger charge is 1.99. The van der Waals surface area contributed by atoms with Gasteiger partial charge in [-0.05, 0) is 0 Å². The molecule has 8 nitrogen and oxygen atoms in total. The Morgan fingerprint density at radius 1 is 1.20 bits per heavy atom. The number of ether oxygens (including phenoxy) is 3. The summed E-state index contributed by atoms with van der Waals surface area (Å²) in [5.74, 6) is 0. The molecule has 0 spiro atoms. The number of aliphatic hydroxyl groups excluding tert-OH is 2. The van der Waals surface area contributed by atoms with Gasteiger partial charge in [-0.15, -0.1) is 0 Å². The molecule has 15 heavy (non-hydrogen) atoms. The SMILES string of the molecule is COC(O)COCCOCCO.[N-]=[N+]=[N-]. The van der Waals surface area contributed by atoms with Crippen molar-refractivity contribution in [3.63, 3.8) is 0 Å². The van der Waals surface area contributed by atoms with Crippen molar-refractivity contribution in [1.29, 1.82) is 0 Å². The Balaban J connectivity index is 0. The molecule has 8 heteroatoms. The Bertz CT molecular complexity index is 152. The van der Waals surface area contributed by atoms with Gasteiger partial charge in [-0.25, -0.2) is 0 Å². The first-order valence-corrected chi connectivity index (χ1v) is 4.18. The molecule has 0 amide bonds. The summed E-state index contributed by atoms with van der Waals surface area (Å²) in [6.45, 7) is 1.27. The fraction of sp³-hybridized carbons (Fsp3) is 1.00. The highest BCUT2D eigenvalue weighted by atomic mass is 16.6. The van der Waals surface area contributed by atoms with E-state index in [1.54, 1.807) is 0 Å². The smallest absolute Gasteiger partial charge is 0.177 e.